The first-order valence-corrected chi connectivity index (χ1v) is 12.6. The topological polar surface area (TPSA) is 32.8 Å². The molecule has 0 radical (unpaired) electrons. The third kappa shape index (κ3) is 6.94. The van der Waals surface area contributed by atoms with Gasteiger partial charge < -0.3 is 4.74 Å². The highest BCUT2D eigenvalue weighted by Crippen LogP contribution is 2.20. The van der Waals surface area contributed by atoms with Crippen molar-refractivity contribution in [3.63, 3.8) is 0 Å². The van der Waals surface area contributed by atoms with Crippen LogP contribution in [0.2, 0.25) is 13.1 Å². The van der Waals surface area contributed by atoms with Gasteiger partial charge in [-0.2, -0.15) is 0 Å². The van der Waals surface area contributed by atoms with Crippen LogP contribution in [0.1, 0.15) is 52.9 Å². The third-order valence-electron chi connectivity index (χ3n) is 4.73. The van der Waals surface area contributed by atoms with E-state index in [-0.39, 0.29) is 11.9 Å². The molecule has 0 aromatic carbocycles. The van der Waals surface area contributed by atoms with E-state index in [1.54, 1.807) is 0 Å². The van der Waals surface area contributed by atoms with Gasteiger partial charge in [0, 0.05) is 25.4 Å². The first-order chi connectivity index (χ1) is 11.0. The van der Waals surface area contributed by atoms with E-state index in [9.17, 15) is 4.79 Å². The van der Waals surface area contributed by atoms with Crippen molar-refractivity contribution in [1.29, 1.82) is 0 Å². The summed E-state index contributed by atoms with van der Waals surface area (Å²) in [6.45, 7) is 16.0. The number of unbranched alkanes of at least 4 members (excludes halogenated alkanes) is 3. The standard InChI is InChI=1S/C18H38N2O2Si/c1-6-8-9-10-12-19-13-11-14-20(18(19)23(4)5)15-16(3)17(21)22-7-2/h16,18,23H,6-15H2,1-5H3. The fourth-order valence-corrected chi connectivity index (χ4v) is 5.97. The van der Waals surface area contributed by atoms with Crippen molar-refractivity contribution in [1.82, 2.24) is 9.80 Å². The minimum atomic E-state index is -0.833. The highest BCUT2D eigenvalue weighted by molar-refractivity contribution is 6.57. The average molecular weight is 343 g/mol. The molecule has 1 aliphatic heterocycles. The largest absolute Gasteiger partial charge is 0.466 e. The first-order valence-electron chi connectivity index (χ1n) is 9.65. The lowest BCUT2D eigenvalue weighted by Crippen LogP contribution is -2.60. The molecule has 1 rings (SSSR count). The van der Waals surface area contributed by atoms with Crippen molar-refractivity contribution < 1.29 is 9.53 Å². The van der Waals surface area contributed by atoms with E-state index in [1.165, 1.54) is 45.2 Å². The van der Waals surface area contributed by atoms with Crippen LogP contribution in [-0.4, -0.2) is 63.1 Å². The smallest absolute Gasteiger partial charge is 0.309 e. The van der Waals surface area contributed by atoms with Crippen LogP contribution in [0.4, 0.5) is 0 Å². The molecule has 0 saturated carbocycles. The molecule has 1 aliphatic rings. The van der Waals surface area contributed by atoms with Gasteiger partial charge in [-0.3, -0.25) is 14.6 Å². The molecular formula is C18H38N2O2Si. The maximum atomic E-state index is 12.0. The Labute approximate surface area is 145 Å². The minimum Gasteiger partial charge on any atom is -0.466 e. The van der Waals surface area contributed by atoms with E-state index in [1.807, 2.05) is 13.8 Å². The number of rotatable bonds is 10. The van der Waals surface area contributed by atoms with Crippen LogP contribution in [0.3, 0.4) is 0 Å². The summed E-state index contributed by atoms with van der Waals surface area (Å²) in [6, 6.07) is 0. The molecule has 2 unspecified atom stereocenters. The Morgan fingerprint density at radius 1 is 1.17 bits per heavy atom. The Balaban J connectivity index is 2.60. The number of hydrogen-bond donors (Lipinski definition) is 0. The summed E-state index contributed by atoms with van der Waals surface area (Å²) >= 11 is 0. The summed E-state index contributed by atoms with van der Waals surface area (Å²) in [5.74, 6) is 0.532. The molecule has 0 aromatic heterocycles. The average Bonchev–Trinajstić information content (AvgIpc) is 2.51. The van der Waals surface area contributed by atoms with Crippen LogP contribution in [0, 0.1) is 5.92 Å². The second-order valence-corrected chi connectivity index (χ2v) is 10.3. The summed E-state index contributed by atoms with van der Waals surface area (Å²) in [4.78, 5) is 17.2. The molecule has 0 spiro atoms. The zero-order chi connectivity index (χ0) is 17.2. The quantitative estimate of drug-likeness (QED) is 0.347. The van der Waals surface area contributed by atoms with Gasteiger partial charge in [0.1, 0.15) is 0 Å². The summed E-state index contributed by atoms with van der Waals surface area (Å²) in [5.41, 5.74) is 0. The fraction of sp³-hybridized carbons (Fsp3) is 0.944. The minimum absolute atomic E-state index is 0.0229. The monoisotopic (exact) mass is 342 g/mol. The number of esters is 1. The number of carbonyl (C=O) groups excluding carboxylic acids is 1. The zero-order valence-corrected chi connectivity index (χ0v) is 17.2. The summed E-state index contributed by atoms with van der Waals surface area (Å²) < 4.78 is 5.19. The Bertz CT molecular complexity index is 339. The lowest BCUT2D eigenvalue weighted by molar-refractivity contribution is -0.148. The predicted octanol–water partition coefficient (Wildman–Crippen LogP) is 3.13. The van der Waals surface area contributed by atoms with Gasteiger partial charge in [-0.15, -0.1) is 0 Å². The van der Waals surface area contributed by atoms with Gasteiger partial charge in [0.2, 0.25) is 0 Å². The lowest BCUT2D eigenvalue weighted by Gasteiger charge is -2.46. The normalized spacial score (nSPS) is 21.6. The molecule has 1 saturated heterocycles. The van der Waals surface area contributed by atoms with Gasteiger partial charge >= 0.3 is 5.97 Å². The fourth-order valence-electron chi connectivity index (χ4n) is 3.71. The van der Waals surface area contributed by atoms with E-state index in [4.69, 9.17) is 4.74 Å². The van der Waals surface area contributed by atoms with Crippen molar-refractivity contribution >= 4 is 14.8 Å². The van der Waals surface area contributed by atoms with Crippen LogP contribution < -0.4 is 0 Å². The van der Waals surface area contributed by atoms with Crippen molar-refractivity contribution in [2.45, 2.75) is 71.8 Å². The Hall–Kier alpha value is -0.393. The summed E-state index contributed by atoms with van der Waals surface area (Å²) in [6.07, 6.45) is 6.53. The summed E-state index contributed by atoms with van der Waals surface area (Å²) in [7, 11) is -0.833. The van der Waals surface area contributed by atoms with Gasteiger partial charge in [-0.25, -0.2) is 0 Å². The molecule has 0 aliphatic carbocycles. The SMILES string of the molecule is CCCCCCN1CCCN(CC(C)C(=O)OCC)C1[SiH](C)C. The number of hydrogen-bond acceptors (Lipinski definition) is 4. The van der Waals surface area contributed by atoms with Gasteiger partial charge in [0.15, 0.2) is 0 Å². The van der Waals surface area contributed by atoms with E-state index in [2.05, 4.69) is 29.8 Å². The van der Waals surface area contributed by atoms with E-state index in [0.717, 1.165) is 13.1 Å². The van der Waals surface area contributed by atoms with E-state index >= 15 is 0 Å². The van der Waals surface area contributed by atoms with Gasteiger partial charge in [-0.05, 0) is 26.3 Å². The van der Waals surface area contributed by atoms with Crippen LogP contribution in [0.5, 0.6) is 0 Å². The lowest BCUT2D eigenvalue weighted by atomic mass is 10.1. The van der Waals surface area contributed by atoms with Crippen LogP contribution in [-0.2, 0) is 9.53 Å². The number of ether oxygens (including phenoxy) is 1. The molecule has 0 amide bonds. The highest BCUT2D eigenvalue weighted by Gasteiger charge is 2.33. The van der Waals surface area contributed by atoms with Gasteiger partial charge in [-0.1, -0.05) is 46.2 Å². The van der Waals surface area contributed by atoms with Gasteiger partial charge in [0.25, 0.3) is 0 Å². The molecule has 1 fully saturated rings. The molecule has 5 heteroatoms. The summed E-state index contributed by atoms with van der Waals surface area (Å²) in [5, 5.41) is 0. The molecule has 0 aromatic rings. The van der Waals surface area contributed by atoms with Crippen molar-refractivity contribution in [3.8, 4) is 0 Å². The van der Waals surface area contributed by atoms with Crippen LogP contribution in [0.15, 0.2) is 0 Å². The Morgan fingerprint density at radius 3 is 2.48 bits per heavy atom. The van der Waals surface area contributed by atoms with Crippen molar-refractivity contribution in [2.24, 2.45) is 5.92 Å². The third-order valence-corrected chi connectivity index (χ3v) is 6.77. The first kappa shape index (κ1) is 20.7. The maximum absolute atomic E-state index is 12.0. The molecule has 2 atom stereocenters. The number of nitrogens with zero attached hydrogens (tertiary/aromatic N) is 2. The maximum Gasteiger partial charge on any atom is 0.309 e. The second-order valence-electron chi connectivity index (χ2n) is 7.26. The zero-order valence-electron chi connectivity index (χ0n) is 16.0. The van der Waals surface area contributed by atoms with E-state index in [0.29, 0.717) is 12.4 Å². The molecule has 1 heterocycles. The number of carbonyl (C=O) groups is 1. The van der Waals surface area contributed by atoms with Crippen molar-refractivity contribution in [2.75, 3.05) is 32.8 Å². The molecule has 23 heavy (non-hydrogen) atoms. The molecule has 0 bridgehead atoms. The molecule has 136 valence electrons. The van der Waals surface area contributed by atoms with E-state index < -0.39 is 8.80 Å². The Kier molecular flexibility index (Phi) is 10.1. The second kappa shape index (κ2) is 11.2. The molecule has 0 N–H and O–H groups in total. The molecule has 4 nitrogen and oxygen atoms in total. The Morgan fingerprint density at radius 2 is 1.87 bits per heavy atom. The van der Waals surface area contributed by atoms with Crippen LogP contribution >= 0.6 is 0 Å². The van der Waals surface area contributed by atoms with Crippen molar-refractivity contribution in [3.05, 3.63) is 0 Å². The van der Waals surface area contributed by atoms with Gasteiger partial charge in [0.05, 0.1) is 21.3 Å². The highest BCUT2D eigenvalue weighted by atomic mass is 28.3. The predicted molar refractivity (Wildman–Crippen MR) is 100 cm³/mol. The van der Waals surface area contributed by atoms with Crippen LogP contribution in [0.25, 0.3) is 0 Å². The molecular weight excluding hydrogens is 304 g/mol.